The molecule has 0 aromatic carbocycles. The maximum atomic E-state index is 11.4. The minimum absolute atomic E-state index is 0.126. The Morgan fingerprint density at radius 1 is 1.24 bits per heavy atom. The third-order valence-electron chi connectivity index (χ3n) is 5.23. The van der Waals surface area contributed by atoms with Gasteiger partial charge in [0.15, 0.2) is 0 Å². The molecule has 21 heavy (non-hydrogen) atoms. The summed E-state index contributed by atoms with van der Waals surface area (Å²) in [4.78, 5) is 11.4. The summed E-state index contributed by atoms with van der Waals surface area (Å²) in [5.41, 5.74) is 0. The Morgan fingerprint density at radius 3 is 2.62 bits per heavy atom. The molecule has 0 radical (unpaired) electrons. The van der Waals surface area contributed by atoms with E-state index < -0.39 is 13.1 Å². The van der Waals surface area contributed by atoms with Crippen molar-refractivity contribution in [1.29, 1.82) is 0 Å². The summed E-state index contributed by atoms with van der Waals surface area (Å²) in [5, 5.41) is 39.5. The van der Waals surface area contributed by atoms with Gasteiger partial charge in [-0.1, -0.05) is 6.42 Å². The van der Waals surface area contributed by atoms with E-state index in [0.29, 0.717) is 37.2 Å². The number of fused-ring (bicyclic) bond motifs is 1. The van der Waals surface area contributed by atoms with E-state index in [1.165, 1.54) is 0 Å². The lowest BCUT2D eigenvalue weighted by atomic mass is 9.78. The fourth-order valence-corrected chi connectivity index (χ4v) is 4.42. The van der Waals surface area contributed by atoms with Gasteiger partial charge in [-0.25, -0.2) is 0 Å². The molecule has 0 heterocycles. The summed E-state index contributed by atoms with van der Waals surface area (Å²) in [7, 11) is -1.30. The highest BCUT2D eigenvalue weighted by atomic mass is 16.4. The third-order valence-corrected chi connectivity index (χ3v) is 5.23. The van der Waals surface area contributed by atoms with Crippen LogP contribution in [0, 0.1) is 23.7 Å². The van der Waals surface area contributed by atoms with Crippen LogP contribution in [0.5, 0.6) is 0 Å². The number of nitrogens with one attached hydrogen (secondary N) is 1. The van der Waals surface area contributed by atoms with Gasteiger partial charge in [-0.05, 0) is 49.8 Å². The molecule has 0 aromatic rings. The smallest absolute Gasteiger partial charge is 0.451 e. The number of carboxylic acid groups (broad SMARTS) is 1. The van der Waals surface area contributed by atoms with Gasteiger partial charge in [0.05, 0.1) is 12.5 Å². The molecule has 0 spiro atoms. The van der Waals surface area contributed by atoms with Crippen LogP contribution in [0.25, 0.3) is 0 Å². The zero-order chi connectivity index (χ0) is 15.4. The molecule has 2 fully saturated rings. The first kappa shape index (κ1) is 16.7. The van der Waals surface area contributed by atoms with Gasteiger partial charge in [0, 0.05) is 12.6 Å². The lowest BCUT2D eigenvalue weighted by Gasteiger charge is -2.23. The van der Waals surface area contributed by atoms with Gasteiger partial charge >= 0.3 is 13.1 Å². The molecular weight excluding hydrogens is 273 g/mol. The standard InChI is InChI=1S/C14H26BNO5/c17-5-4-16-10-6-9-7-13(14(18)19)11(12(9)8-10)2-1-3-15(20)21/h9-13,16-17,20-21H,1-8H2,(H,18,19)/t9-,10?,11+,12-,13-/m1/s1. The largest absolute Gasteiger partial charge is 0.481 e. The fourth-order valence-electron chi connectivity index (χ4n) is 4.42. The predicted octanol–water partition coefficient (Wildman–Crippen LogP) is -0.0632. The quantitative estimate of drug-likeness (QED) is 0.402. The van der Waals surface area contributed by atoms with E-state index in [1.807, 2.05) is 0 Å². The molecule has 5 atom stereocenters. The van der Waals surface area contributed by atoms with Crippen molar-refractivity contribution in [3.05, 3.63) is 0 Å². The molecule has 1 unspecified atom stereocenters. The second kappa shape index (κ2) is 7.58. The van der Waals surface area contributed by atoms with E-state index in [1.54, 1.807) is 0 Å². The van der Waals surface area contributed by atoms with E-state index in [0.717, 1.165) is 25.7 Å². The molecule has 2 rings (SSSR count). The number of aliphatic carboxylic acids is 1. The van der Waals surface area contributed by atoms with Crippen molar-refractivity contribution >= 4 is 13.1 Å². The summed E-state index contributed by atoms with van der Waals surface area (Å²) in [6.07, 6.45) is 4.43. The zero-order valence-corrected chi connectivity index (χ0v) is 12.3. The second-order valence-corrected chi connectivity index (χ2v) is 6.53. The molecule has 7 heteroatoms. The van der Waals surface area contributed by atoms with Crippen molar-refractivity contribution in [3.63, 3.8) is 0 Å². The fraction of sp³-hybridized carbons (Fsp3) is 0.929. The number of rotatable bonds is 8. The number of hydrogen-bond donors (Lipinski definition) is 5. The topological polar surface area (TPSA) is 110 Å². The van der Waals surface area contributed by atoms with Gasteiger partial charge in [-0.3, -0.25) is 4.79 Å². The molecule has 0 amide bonds. The van der Waals surface area contributed by atoms with Crippen LogP contribution in [0.15, 0.2) is 0 Å². The van der Waals surface area contributed by atoms with E-state index in [2.05, 4.69) is 5.32 Å². The van der Waals surface area contributed by atoms with Gasteiger partial charge in [0.25, 0.3) is 0 Å². The summed E-state index contributed by atoms with van der Waals surface area (Å²) in [6.45, 7) is 0.717. The van der Waals surface area contributed by atoms with Crippen molar-refractivity contribution in [2.24, 2.45) is 23.7 Å². The van der Waals surface area contributed by atoms with Gasteiger partial charge in [0.1, 0.15) is 0 Å². The minimum Gasteiger partial charge on any atom is -0.481 e. The van der Waals surface area contributed by atoms with Crippen molar-refractivity contribution in [2.75, 3.05) is 13.2 Å². The first-order valence-electron chi connectivity index (χ1n) is 7.96. The van der Waals surface area contributed by atoms with E-state index in [9.17, 15) is 9.90 Å². The average molecular weight is 299 g/mol. The van der Waals surface area contributed by atoms with Gasteiger partial charge < -0.3 is 25.6 Å². The first-order chi connectivity index (χ1) is 10.0. The maximum absolute atomic E-state index is 11.4. The molecule has 0 aromatic heterocycles. The highest BCUT2D eigenvalue weighted by Crippen LogP contribution is 2.52. The molecule has 120 valence electrons. The first-order valence-corrected chi connectivity index (χ1v) is 7.96. The van der Waals surface area contributed by atoms with E-state index in [4.69, 9.17) is 15.2 Å². The van der Waals surface area contributed by atoms with E-state index >= 15 is 0 Å². The lowest BCUT2D eigenvalue weighted by molar-refractivity contribution is -0.143. The van der Waals surface area contributed by atoms with Crippen LogP contribution in [-0.2, 0) is 4.79 Å². The molecule has 0 saturated heterocycles. The lowest BCUT2D eigenvalue weighted by Crippen LogP contribution is -2.31. The summed E-state index contributed by atoms with van der Waals surface area (Å²) in [6, 6.07) is 0.382. The number of aliphatic hydroxyl groups excluding tert-OH is 1. The number of aliphatic hydroxyl groups is 1. The highest BCUT2D eigenvalue weighted by Gasteiger charge is 2.50. The highest BCUT2D eigenvalue weighted by molar-refractivity contribution is 6.40. The minimum atomic E-state index is -1.30. The number of carboxylic acids is 1. The van der Waals surface area contributed by atoms with Crippen molar-refractivity contribution in [3.8, 4) is 0 Å². The Hall–Kier alpha value is -0.625. The van der Waals surface area contributed by atoms with Crippen LogP contribution in [0.4, 0.5) is 0 Å². The van der Waals surface area contributed by atoms with Crippen LogP contribution >= 0.6 is 0 Å². The predicted molar refractivity (Wildman–Crippen MR) is 78.6 cm³/mol. The summed E-state index contributed by atoms with van der Waals surface area (Å²) < 4.78 is 0. The number of hydrogen-bond acceptors (Lipinski definition) is 5. The Morgan fingerprint density at radius 2 is 2.00 bits per heavy atom. The van der Waals surface area contributed by atoms with Crippen LogP contribution < -0.4 is 5.32 Å². The molecule has 6 nitrogen and oxygen atoms in total. The van der Waals surface area contributed by atoms with Crippen LogP contribution in [0.1, 0.15) is 32.1 Å². The Labute approximate surface area is 125 Å². The van der Waals surface area contributed by atoms with E-state index in [-0.39, 0.29) is 18.4 Å². The summed E-state index contributed by atoms with van der Waals surface area (Å²) >= 11 is 0. The van der Waals surface area contributed by atoms with Gasteiger partial charge in [-0.15, -0.1) is 0 Å². The van der Waals surface area contributed by atoms with Crippen molar-refractivity contribution in [2.45, 2.75) is 44.5 Å². The van der Waals surface area contributed by atoms with Crippen molar-refractivity contribution in [1.82, 2.24) is 5.32 Å². The molecule has 2 saturated carbocycles. The third kappa shape index (κ3) is 4.19. The Kier molecular flexibility index (Phi) is 6.04. The monoisotopic (exact) mass is 299 g/mol. The molecule has 2 aliphatic carbocycles. The number of carbonyl (C=O) groups is 1. The van der Waals surface area contributed by atoms with Crippen LogP contribution in [0.2, 0.25) is 6.32 Å². The zero-order valence-electron chi connectivity index (χ0n) is 12.3. The Bertz CT molecular complexity index is 354. The Balaban J connectivity index is 1.92. The second-order valence-electron chi connectivity index (χ2n) is 6.53. The molecule has 2 aliphatic rings. The van der Waals surface area contributed by atoms with Gasteiger partial charge in [-0.2, -0.15) is 0 Å². The normalized spacial score (nSPS) is 34.9. The molecular formula is C14H26BNO5. The molecule has 0 bridgehead atoms. The van der Waals surface area contributed by atoms with Crippen LogP contribution in [0.3, 0.4) is 0 Å². The van der Waals surface area contributed by atoms with Gasteiger partial charge in [0.2, 0.25) is 0 Å². The van der Waals surface area contributed by atoms with Crippen LogP contribution in [-0.4, -0.2) is 52.5 Å². The molecule has 5 N–H and O–H groups in total. The average Bonchev–Trinajstić information content (AvgIpc) is 2.94. The summed E-state index contributed by atoms with van der Waals surface area (Å²) in [5.74, 6) is 0.0186. The SMILES string of the molecule is O=C(O)[C@@H]1C[C@H]2CC(NCCO)C[C@H]2[C@@H]1CCCB(O)O. The maximum Gasteiger partial charge on any atom is 0.451 e. The van der Waals surface area contributed by atoms with Crippen molar-refractivity contribution < 1.29 is 25.1 Å². The molecule has 0 aliphatic heterocycles.